The van der Waals surface area contributed by atoms with E-state index in [0.29, 0.717) is 5.82 Å². The van der Waals surface area contributed by atoms with E-state index in [1.807, 2.05) is 30.5 Å². The summed E-state index contributed by atoms with van der Waals surface area (Å²) >= 11 is 1.51. The van der Waals surface area contributed by atoms with Crippen LogP contribution in [-0.4, -0.2) is 9.97 Å². The Morgan fingerprint density at radius 1 is 1.07 bits per heavy atom. The summed E-state index contributed by atoms with van der Waals surface area (Å²) in [4.78, 5) is 9.42. The van der Waals surface area contributed by atoms with Gasteiger partial charge in [-0.05, 0) is 30.7 Å². The second-order valence-corrected chi connectivity index (χ2v) is 7.47. The summed E-state index contributed by atoms with van der Waals surface area (Å²) in [5, 5.41) is 5.63. The zero-order chi connectivity index (χ0) is 20.4. The van der Waals surface area contributed by atoms with Crippen LogP contribution in [0.4, 0.5) is 24.7 Å². The van der Waals surface area contributed by atoms with Crippen LogP contribution in [0, 0.1) is 6.92 Å². The standard InChI is InChI=1S/C21H16F3N3OS/c1-13-19-16(11-29-13)20(26-12-25-19)27-15-7-8-18(17(9-15)21(22,23)24)28-10-14-5-3-2-4-6-14/h2-9,11-12H,10H2,1H3,(H,25,26,27). The van der Waals surface area contributed by atoms with Crippen LogP contribution < -0.4 is 10.1 Å². The molecule has 8 heteroatoms. The second-order valence-electron chi connectivity index (χ2n) is 6.38. The maximum atomic E-state index is 13.6. The summed E-state index contributed by atoms with van der Waals surface area (Å²) in [6.45, 7) is 1.99. The summed E-state index contributed by atoms with van der Waals surface area (Å²) in [5.41, 5.74) is 1.00. The van der Waals surface area contributed by atoms with Gasteiger partial charge in [0.25, 0.3) is 0 Å². The Labute approximate surface area is 169 Å². The predicted molar refractivity (Wildman–Crippen MR) is 108 cm³/mol. The quantitative estimate of drug-likeness (QED) is 0.413. The summed E-state index contributed by atoms with van der Waals surface area (Å²) in [5.74, 6) is 0.247. The third-order valence-corrected chi connectivity index (χ3v) is 5.26. The number of halogens is 3. The number of aryl methyl sites for hydroxylation is 1. The Bertz CT molecular complexity index is 1140. The molecule has 0 amide bonds. The van der Waals surface area contributed by atoms with E-state index in [1.165, 1.54) is 23.7 Å². The van der Waals surface area contributed by atoms with Gasteiger partial charge in [0, 0.05) is 15.9 Å². The molecule has 2 aromatic carbocycles. The molecule has 0 aliphatic carbocycles. The average Bonchev–Trinajstić information content (AvgIpc) is 3.09. The minimum absolute atomic E-state index is 0.0530. The van der Waals surface area contributed by atoms with Crippen molar-refractivity contribution in [3.8, 4) is 5.75 Å². The van der Waals surface area contributed by atoms with Crippen LogP contribution in [0.1, 0.15) is 16.0 Å². The van der Waals surface area contributed by atoms with Gasteiger partial charge >= 0.3 is 6.18 Å². The minimum atomic E-state index is -4.55. The Balaban J connectivity index is 1.63. The number of nitrogens with zero attached hydrogens (tertiary/aromatic N) is 2. The van der Waals surface area contributed by atoms with Crippen molar-refractivity contribution in [1.82, 2.24) is 9.97 Å². The number of anilines is 2. The summed E-state index contributed by atoms with van der Waals surface area (Å²) in [7, 11) is 0. The molecule has 0 fully saturated rings. The van der Waals surface area contributed by atoms with Crippen LogP contribution in [-0.2, 0) is 12.8 Å². The lowest BCUT2D eigenvalue weighted by Crippen LogP contribution is -2.09. The molecule has 0 unspecified atom stereocenters. The van der Waals surface area contributed by atoms with Crippen LogP contribution in [0.5, 0.6) is 5.75 Å². The van der Waals surface area contributed by atoms with Gasteiger partial charge in [-0.3, -0.25) is 0 Å². The van der Waals surface area contributed by atoms with Crippen molar-refractivity contribution in [1.29, 1.82) is 0 Å². The Morgan fingerprint density at radius 3 is 2.62 bits per heavy atom. The second kappa shape index (κ2) is 7.71. The molecule has 4 nitrogen and oxygen atoms in total. The van der Waals surface area contributed by atoms with E-state index in [-0.39, 0.29) is 18.0 Å². The minimum Gasteiger partial charge on any atom is -0.488 e. The SMILES string of the molecule is Cc1scc2c(Nc3ccc(OCc4ccccc4)c(C(F)(F)F)c3)ncnc12. The van der Waals surface area contributed by atoms with E-state index in [0.717, 1.165) is 27.4 Å². The topological polar surface area (TPSA) is 47.0 Å². The average molecular weight is 415 g/mol. The smallest absolute Gasteiger partial charge is 0.420 e. The van der Waals surface area contributed by atoms with E-state index in [1.54, 1.807) is 18.2 Å². The van der Waals surface area contributed by atoms with E-state index >= 15 is 0 Å². The van der Waals surface area contributed by atoms with Crippen molar-refractivity contribution < 1.29 is 17.9 Å². The van der Waals surface area contributed by atoms with Gasteiger partial charge in [-0.1, -0.05) is 30.3 Å². The molecule has 29 heavy (non-hydrogen) atoms. The fourth-order valence-electron chi connectivity index (χ4n) is 2.92. The van der Waals surface area contributed by atoms with Gasteiger partial charge in [0.05, 0.1) is 16.5 Å². The molecule has 0 bridgehead atoms. The van der Waals surface area contributed by atoms with Crippen molar-refractivity contribution in [3.63, 3.8) is 0 Å². The number of ether oxygens (including phenoxy) is 1. The number of hydrogen-bond acceptors (Lipinski definition) is 5. The molecule has 2 heterocycles. The van der Waals surface area contributed by atoms with Crippen molar-refractivity contribution >= 4 is 33.7 Å². The molecule has 0 saturated heterocycles. The van der Waals surface area contributed by atoms with Gasteiger partial charge in [-0.15, -0.1) is 11.3 Å². The fraction of sp³-hybridized carbons (Fsp3) is 0.143. The highest BCUT2D eigenvalue weighted by Crippen LogP contribution is 2.39. The number of aromatic nitrogens is 2. The van der Waals surface area contributed by atoms with Crippen molar-refractivity contribution in [2.75, 3.05) is 5.32 Å². The molecule has 148 valence electrons. The first-order chi connectivity index (χ1) is 13.9. The van der Waals surface area contributed by atoms with Gasteiger partial charge in [-0.25, -0.2) is 9.97 Å². The van der Waals surface area contributed by atoms with Gasteiger partial charge in [-0.2, -0.15) is 13.2 Å². The van der Waals surface area contributed by atoms with Gasteiger partial charge in [0.15, 0.2) is 0 Å². The first kappa shape index (κ1) is 19.2. The van der Waals surface area contributed by atoms with Crippen LogP contribution in [0.2, 0.25) is 0 Å². The highest BCUT2D eigenvalue weighted by Gasteiger charge is 2.35. The molecule has 4 rings (SSSR count). The monoisotopic (exact) mass is 415 g/mol. The molecule has 0 aliphatic rings. The number of thiophene rings is 1. The zero-order valence-electron chi connectivity index (χ0n) is 15.3. The summed E-state index contributed by atoms with van der Waals surface area (Å²) in [6, 6.07) is 13.0. The molecule has 0 radical (unpaired) electrons. The molecule has 0 spiro atoms. The first-order valence-corrected chi connectivity index (χ1v) is 9.63. The highest BCUT2D eigenvalue weighted by molar-refractivity contribution is 7.11. The zero-order valence-corrected chi connectivity index (χ0v) is 16.1. The van der Waals surface area contributed by atoms with E-state index < -0.39 is 11.7 Å². The normalized spacial score (nSPS) is 11.6. The Morgan fingerprint density at radius 2 is 1.86 bits per heavy atom. The molecule has 2 aromatic heterocycles. The molecular weight excluding hydrogens is 399 g/mol. The highest BCUT2D eigenvalue weighted by atomic mass is 32.1. The number of nitrogens with one attached hydrogen (secondary N) is 1. The molecule has 0 atom stereocenters. The van der Waals surface area contributed by atoms with E-state index in [2.05, 4.69) is 15.3 Å². The number of rotatable bonds is 5. The number of alkyl halides is 3. The van der Waals surface area contributed by atoms with Gasteiger partial charge in [0.2, 0.25) is 0 Å². The van der Waals surface area contributed by atoms with Crippen molar-refractivity contribution in [2.24, 2.45) is 0 Å². The van der Waals surface area contributed by atoms with Crippen molar-refractivity contribution in [2.45, 2.75) is 19.7 Å². The van der Waals surface area contributed by atoms with Gasteiger partial charge < -0.3 is 10.1 Å². The first-order valence-electron chi connectivity index (χ1n) is 8.75. The molecule has 4 aromatic rings. The molecular formula is C21H16F3N3OS. The lowest BCUT2D eigenvalue weighted by Gasteiger charge is -2.16. The number of hydrogen-bond donors (Lipinski definition) is 1. The maximum absolute atomic E-state index is 13.6. The van der Waals surface area contributed by atoms with Gasteiger partial charge in [0.1, 0.15) is 24.5 Å². The predicted octanol–water partition coefficient (Wildman–Crippen LogP) is 6.34. The van der Waals surface area contributed by atoms with Crippen LogP contribution in [0.15, 0.2) is 60.2 Å². The lowest BCUT2D eigenvalue weighted by atomic mass is 10.1. The van der Waals surface area contributed by atoms with E-state index in [9.17, 15) is 13.2 Å². The summed E-state index contributed by atoms with van der Waals surface area (Å²) < 4.78 is 46.3. The Kier molecular flexibility index (Phi) is 5.10. The van der Waals surface area contributed by atoms with Crippen LogP contribution in [0.3, 0.4) is 0 Å². The number of fused-ring (bicyclic) bond motifs is 1. The lowest BCUT2D eigenvalue weighted by molar-refractivity contribution is -0.139. The molecule has 0 aliphatic heterocycles. The number of benzene rings is 2. The van der Waals surface area contributed by atoms with Crippen LogP contribution in [0.25, 0.3) is 10.9 Å². The molecule has 1 N–H and O–H groups in total. The van der Waals surface area contributed by atoms with Crippen LogP contribution >= 0.6 is 11.3 Å². The maximum Gasteiger partial charge on any atom is 0.420 e. The third-order valence-electron chi connectivity index (χ3n) is 4.36. The largest absolute Gasteiger partial charge is 0.488 e. The third kappa shape index (κ3) is 4.17. The summed E-state index contributed by atoms with van der Waals surface area (Å²) in [6.07, 6.45) is -3.16. The van der Waals surface area contributed by atoms with E-state index in [4.69, 9.17) is 4.74 Å². The van der Waals surface area contributed by atoms with Crippen molar-refractivity contribution in [3.05, 3.63) is 76.2 Å². The fourth-order valence-corrected chi connectivity index (χ4v) is 3.71. The Hall–Kier alpha value is -3.13. The molecule has 0 saturated carbocycles.